The highest BCUT2D eigenvalue weighted by Gasteiger charge is 1.99. The van der Waals surface area contributed by atoms with Crippen molar-refractivity contribution in [2.75, 3.05) is 0 Å². The Hall–Kier alpha value is -2.34. The first kappa shape index (κ1) is 22.9. The van der Waals surface area contributed by atoms with Crippen LogP contribution in [0.25, 0.3) is 11.1 Å². The zero-order chi connectivity index (χ0) is 18.1. The van der Waals surface area contributed by atoms with Crippen molar-refractivity contribution in [3.05, 3.63) is 97.7 Å². The van der Waals surface area contributed by atoms with Crippen molar-refractivity contribution in [3.63, 3.8) is 0 Å². The molecule has 0 unspecified atom stereocenters. The second kappa shape index (κ2) is 16.0. The van der Waals surface area contributed by atoms with Crippen molar-refractivity contribution in [3.8, 4) is 0 Å². The molecule has 0 heteroatoms. The Morgan fingerprint density at radius 3 is 1.43 bits per heavy atom. The van der Waals surface area contributed by atoms with Gasteiger partial charge >= 0.3 is 0 Å². The molecule has 124 valence electrons. The minimum atomic E-state index is 1.07. The third-order valence-corrected chi connectivity index (χ3v) is 2.76. The predicted octanol–water partition coefficient (Wildman–Crippen LogP) is 7.64. The van der Waals surface area contributed by atoms with E-state index in [1.807, 2.05) is 65.0 Å². The van der Waals surface area contributed by atoms with Crippen LogP contribution in [0.2, 0.25) is 0 Å². The molecule has 0 atom stereocenters. The topological polar surface area (TPSA) is 0 Å². The Morgan fingerprint density at radius 1 is 0.739 bits per heavy atom. The van der Waals surface area contributed by atoms with Crippen molar-refractivity contribution >= 4 is 11.1 Å². The highest BCUT2D eigenvalue weighted by atomic mass is 14.0. The van der Waals surface area contributed by atoms with Crippen LogP contribution in [0.5, 0.6) is 0 Å². The summed E-state index contributed by atoms with van der Waals surface area (Å²) in [5.41, 5.74) is 4.46. The third-order valence-electron chi connectivity index (χ3n) is 2.76. The Labute approximate surface area is 144 Å². The molecule has 1 rings (SSSR count). The van der Waals surface area contributed by atoms with Crippen LogP contribution in [0, 0.1) is 0 Å². The maximum Gasteiger partial charge on any atom is -0.0184 e. The van der Waals surface area contributed by atoms with Crippen LogP contribution in [0.15, 0.2) is 86.5 Å². The molecule has 23 heavy (non-hydrogen) atoms. The van der Waals surface area contributed by atoms with E-state index in [0.29, 0.717) is 0 Å². The molecule has 0 bridgehead atoms. The first-order valence-corrected chi connectivity index (χ1v) is 8.28. The summed E-state index contributed by atoms with van der Waals surface area (Å²) in [6, 6.07) is 8.35. The van der Waals surface area contributed by atoms with E-state index < -0.39 is 0 Å². The molecule has 0 aliphatic rings. The average Bonchev–Trinajstić information content (AvgIpc) is 2.64. The molecular formula is C23H32. The van der Waals surface area contributed by atoms with Crippen LogP contribution in [0.4, 0.5) is 0 Å². The number of allylic oxidation sites excluding steroid dienone is 9. The Morgan fingerprint density at radius 2 is 1.13 bits per heavy atom. The zero-order valence-electron chi connectivity index (χ0n) is 15.5. The van der Waals surface area contributed by atoms with Gasteiger partial charge in [0.25, 0.3) is 0 Å². The van der Waals surface area contributed by atoms with E-state index in [1.165, 1.54) is 0 Å². The summed E-state index contributed by atoms with van der Waals surface area (Å²) in [6.07, 6.45) is 13.5. The Balaban J connectivity index is 0. The molecule has 0 aliphatic heterocycles. The number of benzene rings is 1. The lowest BCUT2D eigenvalue weighted by molar-refractivity contribution is 1.50. The van der Waals surface area contributed by atoms with Gasteiger partial charge in [-0.3, -0.25) is 0 Å². The molecule has 0 fully saturated rings. The largest absolute Gasteiger partial charge is 0.0990 e. The van der Waals surface area contributed by atoms with Crippen molar-refractivity contribution in [2.24, 2.45) is 0 Å². The normalized spacial score (nSPS) is 10.8. The van der Waals surface area contributed by atoms with Gasteiger partial charge in [0, 0.05) is 0 Å². The smallest absolute Gasteiger partial charge is 0.0184 e. The van der Waals surface area contributed by atoms with Crippen LogP contribution in [0.3, 0.4) is 0 Å². The van der Waals surface area contributed by atoms with E-state index >= 15 is 0 Å². The minimum Gasteiger partial charge on any atom is -0.0990 e. The summed E-state index contributed by atoms with van der Waals surface area (Å²) < 4.78 is 0. The SMILES string of the molecule is C=C/C=C(\C=C)c1ccc(/C(C=C)=C/C=C\C)cc1.CC.CC. The lowest BCUT2D eigenvalue weighted by atomic mass is 10.00. The quantitative estimate of drug-likeness (QED) is 0.474. The van der Waals surface area contributed by atoms with Gasteiger partial charge in [-0.15, -0.1) is 0 Å². The van der Waals surface area contributed by atoms with E-state index in [1.54, 1.807) is 6.08 Å². The molecule has 0 spiro atoms. The summed E-state index contributed by atoms with van der Waals surface area (Å²) >= 11 is 0. The molecule has 1 aromatic carbocycles. The second-order valence-corrected chi connectivity index (χ2v) is 3.99. The predicted molar refractivity (Wildman–Crippen MR) is 110 cm³/mol. The number of hydrogen-bond acceptors (Lipinski definition) is 0. The fourth-order valence-electron chi connectivity index (χ4n) is 1.75. The van der Waals surface area contributed by atoms with Gasteiger partial charge in [0.1, 0.15) is 0 Å². The maximum absolute atomic E-state index is 3.85. The van der Waals surface area contributed by atoms with Gasteiger partial charge < -0.3 is 0 Å². The molecule has 0 radical (unpaired) electrons. The molecule has 0 saturated heterocycles. The summed E-state index contributed by atoms with van der Waals surface area (Å²) in [6.45, 7) is 21.4. The standard InChI is InChI=1S/C19H20.2C2H6/c1-5-9-11-17(8-4)19-14-12-18(13-15-19)16(7-3)10-6-2;2*1-2/h5-15H,2-4H2,1H3;2*1-2H3/b9-5-,16-10+,17-11+;;. The van der Waals surface area contributed by atoms with Gasteiger partial charge in [-0.1, -0.05) is 114 Å². The van der Waals surface area contributed by atoms with E-state index in [4.69, 9.17) is 0 Å². The van der Waals surface area contributed by atoms with E-state index in [9.17, 15) is 0 Å². The molecule has 1 aromatic rings. The fourth-order valence-corrected chi connectivity index (χ4v) is 1.75. The van der Waals surface area contributed by atoms with Gasteiger partial charge in [0.2, 0.25) is 0 Å². The van der Waals surface area contributed by atoms with Crippen LogP contribution in [-0.2, 0) is 0 Å². The summed E-state index contributed by atoms with van der Waals surface area (Å²) in [7, 11) is 0. The zero-order valence-corrected chi connectivity index (χ0v) is 15.5. The van der Waals surface area contributed by atoms with Gasteiger partial charge in [-0.25, -0.2) is 0 Å². The van der Waals surface area contributed by atoms with Crippen molar-refractivity contribution in [2.45, 2.75) is 34.6 Å². The van der Waals surface area contributed by atoms with E-state index in [-0.39, 0.29) is 0 Å². The van der Waals surface area contributed by atoms with Gasteiger partial charge in [-0.2, -0.15) is 0 Å². The highest BCUT2D eigenvalue weighted by molar-refractivity contribution is 5.78. The maximum atomic E-state index is 3.85. The van der Waals surface area contributed by atoms with Gasteiger partial charge in [0.05, 0.1) is 0 Å². The minimum absolute atomic E-state index is 1.07. The van der Waals surface area contributed by atoms with Gasteiger partial charge in [0.15, 0.2) is 0 Å². The van der Waals surface area contributed by atoms with Crippen LogP contribution >= 0.6 is 0 Å². The summed E-state index contributed by atoms with van der Waals surface area (Å²) in [5, 5.41) is 0. The van der Waals surface area contributed by atoms with Crippen molar-refractivity contribution < 1.29 is 0 Å². The van der Waals surface area contributed by atoms with E-state index in [0.717, 1.165) is 22.3 Å². The van der Waals surface area contributed by atoms with E-state index in [2.05, 4.69) is 50.1 Å². The molecule has 0 heterocycles. The third kappa shape index (κ3) is 8.63. The molecule has 0 nitrogen and oxygen atoms in total. The second-order valence-electron chi connectivity index (χ2n) is 3.99. The fraction of sp³-hybridized carbons (Fsp3) is 0.217. The molecule has 0 saturated carbocycles. The molecule has 0 aliphatic carbocycles. The lowest BCUT2D eigenvalue weighted by Crippen LogP contribution is -1.84. The molecule has 0 aromatic heterocycles. The summed E-state index contributed by atoms with van der Waals surface area (Å²) in [5.74, 6) is 0. The number of rotatable bonds is 6. The average molecular weight is 309 g/mol. The van der Waals surface area contributed by atoms with Crippen LogP contribution in [-0.4, -0.2) is 0 Å². The van der Waals surface area contributed by atoms with Crippen LogP contribution < -0.4 is 0 Å². The lowest BCUT2D eigenvalue weighted by Gasteiger charge is -2.05. The monoisotopic (exact) mass is 308 g/mol. The first-order chi connectivity index (χ1) is 11.3. The molecule has 0 N–H and O–H groups in total. The van der Waals surface area contributed by atoms with Crippen LogP contribution in [0.1, 0.15) is 45.7 Å². The van der Waals surface area contributed by atoms with Gasteiger partial charge in [-0.05, 0) is 29.2 Å². The Bertz CT molecular complexity index is 534. The summed E-state index contributed by atoms with van der Waals surface area (Å²) in [4.78, 5) is 0. The molecule has 0 amide bonds. The Kier molecular flexibility index (Phi) is 16.0. The van der Waals surface area contributed by atoms with Crippen molar-refractivity contribution in [1.29, 1.82) is 0 Å². The van der Waals surface area contributed by atoms with Crippen molar-refractivity contribution in [1.82, 2.24) is 0 Å². The first-order valence-electron chi connectivity index (χ1n) is 8.28. The molecular weight excluding hydrogens is 276 g/mol. The number of hydrogen-bond donors (Lipinski definition) is 0. The highest BCUT2D eigenvalue weighted by Crippen LogP contribution is 2.21.